The molecule has 1 N–H and O–H groups in total. The van der Waals surface area contributed by atoms with E-state index in [4.69, 9.17) is 9.47 Å². The van der Waals surface area contributed by atoms with Gasteiger partial charge in [0.1, 0.15) is 0 Å². The Hall–Kier alpha value is -0.120. The zero-order chi connectivity index (χ0) is 10.2. The molecule has 84 valence electrons. The summed E-state index contributed by atoms with van der Waals surface area (Å²) in [5, 5.41) is 3.44. The second-order valence-corrected chi connectivity index (χ2v) is 4.19. The van der Waals surface area contributed by atoms with Gasteiger partial charge in [-0.25, -0.2) is 0 Å². The lowest BCUT2D eigenvalue weighted by Gasteiger charge is -2.13. The molecule has 0 saturated carbocycles. The van der Waals surface area contributed by atoms with E-state index in [1.54, 1.807) is 7.11 Å². The van der Waals surface area contributed by atoms with E-state index in [0.717, 1.165) is 26.3 Å². The normalized spacial score (nSPS) is 24.0. The molecule has 0 radical (unpaired) electrons. The van der Waals surface area contributed by atoms with Crippen molar-refractivity contribution >= 4 is 0 Å². The van der Waals surface area contributed by atoms with Gasteiger partial charge >= 0.3 is 0 Å². The van der Waals surface area contributed by atoms with Crippen LogP contribution in [0.2, 0.25) is 0 Å². The number of hydrogen-bond acceptors (Lipinski definition) is 3. The van der Waals surface area contributed by atoms with Crippen molar-refractivity contribution in [1.82, 2.24) is 5.32 Å². The van der Waals surface area contributed by atoms with Crippen LogP contribution >= 0.6 is 0 Å². The quantitative estimate of drug-likeness (QED) is 0.632. The minimum atomic E-state index is 0.465. The Morgan fingerprint density at radius 2 is 2.43 bits per heavy atom. The van der Waals surface area contributed by atoms with Gasteiger partial charge in [0, 0.05) is 26.9 Å². The highest BCUT2D eigenvalue weighted by Crippen LogP contribution is 2.10. The molecule has 1 saturated heterocycles. The highest BCUT2D eigenvalue weighted by Gasteiger charge is 2.14. The van der Waals surface area contributed by atoms with Crippen LogP contribution in [0, 0.1) is 5.92 Å². The fourth-order valence-corrected chi connectivity index (χ4v) is 1.78. The van der Waals surface area contributed by atoms with Crippen LogP contribution in [0.4, 0.5) is 0 Å². The molecule has 1 aliphatic heterocycles. The molecular formula is C11H23NO2. The van der Waals surface area contributed by atoms with Gasteiger partial charge in [-0.3, -0.25) is 0 Å². The van der Waals surface area contributed by atoms with E-state index in [1.807, 2.05) is 0 Å². The van der Waals surface area contributed by atoms with Crippen molar-refractivity contribution < 1.29 is 9.47 Å². The lowest BCUT2D eigenvalue weighted by molar-refractivity contribution is 0.109. The molecule has 14 heavy (non-hydrogen) atoms. The molecule has 0 aliphatic carbocycles. The molecule has 0 bridgehead atoms. The molecule has 1 heterocycles. The van der Waals surface area contributed by atoms with Crippen molar-refractivity contribution in [2.24, 2.45) is 5.92 Å². The Labute approximate surface area is 87.2 Å². The third-order valence-corrected chi connectivity index (χ3v) is 2.66. The maximum absolute atomic E-state index is 5.52. The molecule has 0 spiro atoms. The lowest BCUT2D eigenvalue weighted by Crippen LogP contribution is -2.28. The van der Waals surface area contributed by atoms with Crippen molar-refractivity contribution in [2.75, 3.05) is 33.4 Å². The van der Waals surface area contributed by atoms with Crippen LogP contribution in [0.5, 0.6) is 0 Å². The molecule has 2 unspecified atom stereocenters. The van der Waals surface area contributed by atoms with Gasteiger partial charge in [-0.2, -0.15) is 0 Å². The van der Waals surface area contributed by atoms with Gasteiger partial charge in [0.15, 0.2) is 0 Å². The van der Waals surface area contributed by atoms with Gasteiger partial charge < -0.3 is 14.8 Å². The zero-order valence-electron chi connectivity index (χ0n) is 9.42. The van der Waals surface area contributed by atoms with Gasteiger partial charge in [-0.15, -0.1) is 0 Å². The van der Waals surface area contributed by atoms with Crippen molar-refractivity contribution in [3.63, 3.8) is 0 Å². The summed E-state index contributed by atoms with van der Waals surface area (Å²) in [5.74, 6) is 0.650. The summed E-state index contributed by atoms with van der Waals surface area (Å²) in [6.07, 6.45) is 4.10. The summed E-state index contributed by atoms with van der Waals surface area (Å²) in [4.78, 5) is 0. The smallest absolute Gasteiger partial charge is 0.0700 e. The molecular weight excluding hydrogens is 178 g/mol. The molecule has 1 rings (SSSR count). The predicted molar refractivity (Wildman–Crippen MR) is 57.5 cm³/mol. The third kappa shape index (κ3) is 4.94. The monoisotopic (exact) mass is 201 g/mol. The number of hydrogen-bond donors (Lipinski definition) is 1. The number of ether oxygens (including phenoxy) is 2. The molecule has 0 aromatic carbocycles. The minimum Gasteiger partial charge on any atom is -0.384 e. The zero-order valence-corrected chi connectivity index (χ0v) is 9.42. The van der Waals surface area contributed by atoms with E-state index in [-0.39, 0.29) is 0 Å². The summed E-state index contributed by atoms with van der Waals surface area (Å²) < 4.78 is 10.6. The number of rotatable bonds is 7. The maximum Gasteiger partial charge on any atom is 0.0700 e. The summed E-state index contributed by atoms with van der Waals surface area (Å²) in [5.41, 5.74) is 0. The molecule has 0 aromatic heterocycles. The Morgan fingerprint density at radius 3 is 3.07 bits per heavy atom. The summed E-state index contributed by atoms with van der Waals surface area (Å²) in [6.45, 7) is 6.12. The molecule has 1 fully saturated rings. The molecule has 1 aliphatic rings. The van der Waals surface area contributed by atoms with Crippen LogP contribution in [0.15, 0.2) is 0 Å². The van der Waals surface area contributed by atoms with Crippen LogP contribution in [-0.2, 0) is 9.47 Å². The molecule has 0 amide bonds. The van der Waals surface area contributed by atoms with Gasteiger partial charge in [0.2, 0.25) is 0 Å². The third-order valence-electron chi connectivity index (χ3n) is 2.66. The maximum atomic E-state index is 5.52. The highest BCUT2D eigenvalue weighted by molar-refractivity contribution is 4.67. The van der Waals surface area contributed by atoms with Crippen LogP contribution in [0.3, 0.4) is 0 Å². The number of nitrogens with one attached hydrogen (secondary N) is 1. The van der Waals surface area contributed by atoms with E-state index in [0.29, 0.717) is 12.0 Å². The average Bonchev–Trinajstić information content (AvgIpc) is 2.65. The average molecular weight is 201 g/mol. The Kier molecular flexibility index (Phi) is 6.15. The predicted octanol–water partition coefficient (Wildman–Crippen LogP) is 1.43. The van der Waals surface area contributed by atoms with Crippen LogP contribution in [0.1, 0.15) is 26.2 Å². The van der Waals surface area contributed by atoms with Crippen molar-refractivity contribution in [3.8, 4) is 0 Å². The van der Waals surface area contributed by atoms with Gasteiger partial charge in [-0.05, 0) is 31.7 Å². The molecule has 3 nitrogen and oxygen atoms in total. The first kappa shape index (κ1) is 12.0. The first-order chi connectivity index (χ1) is 6.83. The second kappa shape index (κ2) is 7.21. The van der Waals surface area contributed by atoms with E-state index in [9.17, 15) is 0 Å². The van der Waals surface area contributed by atoms with Gasteiger partial charge in [-0.1, -0.05) is 6.92 Å². The largest absolute Gasteiger partial charge is 0.384 e. The first-order valence-corrected chi connectivity index (χ1v) is 5.64. The summed E-state index contributed by atoms with van der Waals surface area (Å²) in [7, 11) is 1.76. The van der Waals surface area contributed by atoms with Crippen LogP contribution in [-0.4, -0.2) is 39.5 Å². The highest BCUT2D eigenvalue weighted by atomic mass is 16.5. The van der Waals surface area contributed by atoms with E-state index < -0.39 is 0 Å². The van der Waals surface area contributed by atoms with Crippen LogP contribution in [0.25, 0.3) is 0 Å². The molecule has 2 atom stereocenters. The second-order valence-electron chi connectivity index (χ2n) is 4.19. The van der Waals surface area contributed by atoms with E-state index in [1.165, 1.54) is 19.3 Å². The minimum absolute atomic E-state index is 0.465. The van der Waals surface area contributed by atoms with E-state index in [2.05, 4.69) is 12.2 Å². The first-order valence-electron chi connectivity index (χ1n) is 5.64. The van der Waals surface area contributed by atoms with Gasteiger partial charge in [0.05, 0.1) is 6.10 Å². The summed E-state index contributed by atoms with van der Waals surface area (Å²) >= 11 is 0. The Balaban J connectivity index is 1.88. The Morgan fingerprint density at radius 1 is 1.57 bits per heavy atom. The lowest BCUT2D eigenvalue weighted by atomic mass is 10.1. The van der Waals surface area contributed by atoms with E-state index >= 15 is 0 Å². The fraction of sp³-hybridized carbons (Fsp3) is 1.00. The molecule has 0 aromatic rings. The SMILES string of the molecule is COCC(C)CCNCC1CCCO1. The Bertz CT molecular complexity index is 135. The van der Waals surface area contributed by atoms with Crippen molar-refractivity contribution in [3.05, 3.63) is 0 Å². The van der Waals surface area contributed by atoms with Crippen LogP contribution < -0.4 is 5.32 Å². The fourth-order valence-electron chi connectivity index (χ4n) is 1.78. The molecule has 3 heteroatoms. The topological polar surface area (TPSA) is 30.5 Å². The van der Waals surface area contributed by atoms with Crippen molar-refractivity contribution in [1.29, 1.82) is 0 Å². The van der Waals surface area contributed by atoms with Gasteiger partial charge in [0.25, 0.3) is 0 Å². The number of methoxy groups -OCH3 is 1. The summed E-state index contributed by atoms with van der Waals surface area (Å²) in [6, 6.07) is 0. The standard InChI is InChI=1S/C11H23NO2/c1-10(9-13-2)5-6-12-8-11-4-3-7-14-11/h10-12H,3-9H2,1-2H3. The van der Waals surface area contributed by atoms with Crippen molar-refractivity contribution in [2.45, 2.75) is 32.3 Å².